The fourth-order valence-corrected chi connectivity index (χ4v) is 9.87. The third kappa shape index (κ3) is 4.08. The Morgan fingerprint density at radius 1 is 0.321 bits per heavy atom. The van der Waals surface area contributed by atoms with Crippen molar-refractivity contribution >= 4 is 17.1 Å². The van der Waals surface area contributed by atoms with Gasteiger partial charge in [0.1, 0.15) is 0 Å². The third-order valence-electron chi connectivity index (χ3n) is 12.3. The van der Waals surface area contributed by atoms with Crippen LogP contribution in [0.3, 0.4) is 0 Å². The molecule has 0 N–H and O–H groups in total. The summed E-state index contributed by atoms with van der Waals surface area (Å²) in [6, 6.07) is 70.1. The second kappa shape index (κ2) is 11.0. The fourth-order valence-electron chi connectivity index (χ4n) is 9.87. The van der Waals surface area contributed by atoms with Crippen molar-refractivity contribution < 1.29 is 0 Å². The van der Waals surface area contributed by atoms with Gasteiger partial charge >= 0.3 is 0 Å². The van der Waals surface area contributed by atoms with E-state index in [1.807, 2.05) is 0 Å². The monoisotopic (exact) mass is 675 g/mol. The number of nitrogens with zero attached hydrogens (tertiary/aromatic N) is 1. The van der Waals surface area contributed by atoms with Gasteiger partial charge in [-0.1, -0.05) is 166 Å². The van der Waals surface area contributed by atoms with Crippen LogP contribution in [0.15, 0.2) is 188 Å². The molecule has 250 valence electrons. The molecule has 11 rings (SSSR count). The molecule has 0 aromatic heterocycles. The van der Waals surface area contributed by atoms with Crippen molar-refractivity contribution in [3.8, 4) is 44.5 Å². The SMILES string of the molecule is CC1(C)c2ccccc2N(c2ccc(-c3ccc4c(c3)-c3ccccc3C43c4ccccc4-c4ccccc43)cc2)c2ccc(-c3ccccc3)cc21. The standard InChI is InChI=1S/C52H37N/c1-51(2)47-22-12-13-23-49(47)53(50-31-27-37(33-48(50)51)34-14-4-3-5-15-34)38-28-24-35(25-29-38)36-26-30-46-42(32-36)41-18-8-11-21-45(41)52(46)43-19-9-6-16-39(43)40-17-7-10-20-44(40)52/h3-33H,1-2H3. The quantitative estimate of drug-likeness (QED) is 0.180. The Bertz CT molecular complexity index is 2710. The van der Waals surface area contributed by atoms with E-state index < -0.39 is 0 Å². The Balaban J connectivity index is 1.03. The Hall–Kier alpha value is -6.44. The summed E-state index contributed by atoms with van der Waals surface area (Å²) in [5.41, 5.74) is 21.6. The molecule has 8 aromatic carbocycles. The van der Waals surface area contributed by atoms with Crippen molar-refractivity contribution in [1.29, 1.82) is 0 Å². The van der Waals surface area contributed by atoms with E-state index in [-0.39, 0.29) is 10.8 Å². The lowest BCUT2D eigenvalue weighted by Crippen LogP contribution is -2.30. The number of para-hydroxylation sites is 1. The first-order valence-electron chi connectivity index (χ1n) is 18.7. The van der Waals surface area contributed by atoms with E-state index in [0.29, 0.717) is 0 Å². The molecule has 0 fully saturated rings. The van der Waals surface area contributed by atoms with Crippen LogP contribution in [-0.2, 0) is 10.8 Å². The first kappa shape index (κ1) is 30.2. The topological polar surface area (TPSA) is 3.24 Å². The first-order chi connectivity index (χ1) is 26.0. The van der Waals surface area contributed by atoms with E-state index >= 15 is 0 Å². The molecule has 3 aliphatic rings. The molecule has 0 saturated carbocycles. The zero-order chi connectivity index (χ0) is 35.3. The molecular formula is C52H37N. The highest BCUT2D eigenvalue weighted by Crippen LogP contribution is 2.63. The van der Waals surface area contributed by atoms with Crippen molar-refractivity contribution in [3.05, 3.63) is 221 Å². The van der Waals surface area contributed by atoms with Crippen molar-refractivity contribution in [2.45, 2.75) is 24.7 Å². The Labute approximate surface area is 311 Å². The zero-order valence-corrected chi connectivity index (χ0v) is 29.8. The summed E-state index contributed by atoms with van der Waals surface area (Å²) in [4.78, 5) is 2.45. The number of benzene rings is 8. The number of fused-ring (bicyclic) bond motifs is 12. The summed E-state index contributed by atoms with van der Waals surface area (Å²) in [5, 5.41) is 0. The highest BCUT2D eigenvalue weighted by molar-refractivity contribution is 5.96. The van der Waals surface area contributed by atoms with Crippen LogP contribution < -0.4 is 4.90 Å². The van der Waals surface area contributed by atoms with E-state index in [4.69, 9.17) is 0 Å². The Kier molecular flexibility index (Phi) is 6.29. The lowest BCUT2D eigenvalue weighted by Gasteiger charge is -2.42. The molecule has 2 aliphatic carbocycles. The van der Waals surface area contributed by atoms with Gasteiger partial charge in [-0.3, -0.25) is 0 Å². The summed E-state index contributed by atoms with van der Waals surface area (Å²) in [5.74, 6) is 0. The zero-order valence-electron chi connectivity index (χ0n) is 29.8. The number of hydrogen-bond acceptors (Lipinski definition) is 1. The molecule has 1 nitrogen and oxygen atoms in total. The predicted molar refractivity (Wildman–Crippen MR) is 220 cm³/mol. The van der Waals surface area contributed by atoms with E-state index in [9.17, 15) is 0 Å². The van der Waals surface area contributed by atoms with Gasteiger partial charge in [0.25, 0.3) is 0 Å². The molecule has 1 spiro atoms. The van der Waals surface area contributed by atoms with Gasteiger partial charge < -0.3 is 4.90 Å². The van der Waals surface area contributed by atoms with Crippen LogP contribution in [0.2, 0.25) is 0 Å². The summed E-state index contributed by atoms with van der Waals surface area (Å²) in [6.45, 7) is 4.72. The van der Waals surface area contributed by atoms with Gasteiger partial charge in [-0.15, -0.1) is 0 Å². The van der Waals surface area contributed by atoms with Gasteiger partial charge in [0, 0.05) is 11.1 Å². The molecule has 0 radical (unpaired) electrons. The molecule has 8 aromatic rings. The highest BCUT2D eigenvalue weighted by Gasteiger charge is 2.51. The van der Waals surface area contributed by atoms with Crippen LogP contribution >= 0.6 is 0 Å². The van der Waals surface area contributed by atoms with Crippen molar-refractivity contribution in [2.75, 3.05) is 4.90 Å². The predicted octanol–water partition coefficient (Wildman–Crippen LogP) is 13.5. The number of hydrogen-bond donors (Lipinski definition) is 0. The van der Waals surface area contributed by atoms with Gasteiger partial charge in [0.15, 0.2) is 0 Å². The van der Waals surface area contributed by atoms with Crippen LogP contribution in [0.25, 0.3) is 44.5 Å². The molecule has 1 heteroatoms. The van der Waals surface area contributed by atoms with Crippen molar-refractivity contribution in [2.24, 2.45) is 0 Å². The number of anilines is 3. The van der Waals surface area contributed by atoms with E-state index in [1.165, 1.54) is 89.3 Å². The normalized spacial score (nSPS) is 14.9. The molecule has 1 aliphatic heterocycles. The molecule has 0 atom stereocenters. The van der Waals surface area contributed by atoms with Crippen LogP contribution in [-0.4, -0.2) is 0 Å². The van der Waals surface area contributed by atoms with Crippen LogP contribution in [0.4, 0.5) is 17.1 Å². The summed E-state index contributed by atoms with van der Waals surface area (Å²) < 4.78 is 0. The molecule has 0 saturated heterocycles. The van der Waals surface area contributed by atoms with Gasteiger partial charge in [-0.25, -0.2) is 0 Å². The van der Waals surface area contributed by atoms with E-state index in [1.54, 1.807) is 0 Å². The molecular weight excluding hydrogens is 639 g/mol. The average molecular weight is 676 g/mol. The summed E-state index contributed by atoms with van der Waals surface area (Å²) >= 11 is 0. The minimum absolute atomic E-state index is 0.147. The van der Waals surface area contributed by atoms with Gasteiger partial charge in [0.05, 0.1) is 16.8 Å². The van der Waals surface area contributed by atoms with E-state index in [0.717, 1.165) is 5.69 Å². The minimum Gasteiger partial charge on any atom is -0.310 e. The maximum Gasteiger partial charge on any atom is 0.0725 e. The molecule has 0 unspecified atom stereocenters. The second-order valence-corrected chi connectivity index (χ2v) is 15.3. The van der Waals surface area contributed by atoms with Crippen LogP contribution in [0.5, 0.6) is 0 Å². The minimum atomic E-state index is -0.315. The van der Waals surface area contributed by atoms with Crippen molar-refractivity contribution in [1.82, 2.24) is 0 Å². The van der Waals surface area contributed by atoms with Gasteiger partial charge in [-0.05, 0) is 114 Å². The smallest absolute Gasteiger partial charge is 0.0725 e. The Morgan fingerprint density at radius 3 is 1.43 bits per heavy atom. The van der Waals surface area contributed by atoms with Gasteiger partial charge in [0.2, 0.25) is 0 Å². The summed E-state index contributed by atoms with van der Waals surface area (Å²) in [7, 11) is 0. The van der Waals surface area contributed by atoms with Crippen LogP contribution in [0, 0.1) is 0 Å². The fraction of sp³-hybridized carbons (Fsp3) is 0.0769. The molecule has 0 bridgehead atoms. The van der Waals surface area contributed by atoms with Crippen LogP contribution in [0.1, 0.15) is 47.2 Å². The average Bonchev–Trinajstić information content (AvgIpc) is 3.69. The maximum atomic E-state index is 2.45. The van der Waals surface area contributed by atoms with E-state index in [2.05, 4.69) is 207 Å². The molecule has 1 heterocycles. The lowest BCUT2D eigenvalue weighted by atomic mass is 9.70. The highest BCUT2D eigenvalue weighted by atomic mass is 15.2. The van der Waals surface area contributed by atoms with Gasteiger partial charge in [-0.2, -0.15) is 0 Å². The maximum absolute atomic E-state index is 2.45. The Morgan fingerprint density at radius 2 is 0.774 bits per heavy atom. The second-order valence-electron chi connectivity index (χ2n) is 15.3. The first-order valence-corrected chi connectivity index (χ1v) is 18.7. The summed E-state index contributed by atoms with van der Waals surface area (Å²) in [6.07, 6.45) is 0. The number of rotatable bonds is 3. The van der Waals surface area contributed by atoms with Crippen molar-refractivity contribution in [3.63, 3.8) is 0 Å². The molecule has 53 heavy (non-hydrogen) atoms. The molecule has 0 amide bonds. The third-order valence-corrected chi connectivity index (χ3v) is 12.3. The largest absolute Gasteiger partial charge is 0.310 e. The lowest BCUT2D eigenvalue weighted by molar-refractivity contribution is 0.632.